The minimum atomic E-state index is 0.899. The van der Waals surface area contributed by atoms with Crippen molar-refractivity contribution < 1.29 is 8.83 Å². The number of fused-ring (bicyclic) bond motifs is 14. The molecule has 7 aromatic carbocycles. The third kappa shape index (κ3) is 3.39. The number of para-hydroxylation sites is 6. The third-order valence-corrected chi connectivity index (χ3v) is 9.78. The Labute approximate surface area is 267 Å². The van der Waals surface area contributed by atoms with Crippen LogP contribution in [0.2, 0.25) is 0 Å². The molecular formula is C43H24N2O2. The number of pyridine rings is 1. The summed E-state index contributed by atoms with van der Waals surface area (Å²) < 4.78 is 15.2. The van der Waals surface area contributed by atoms with Gasteiger partial charge >= 0.3 is 0 Å². The minimum absolute atomic E-state index is 0.899. The van der Waals surface area contributed by atoms with E-state index in [1.165, 1.54) is 0 Å². The van der Waals surface area contributed by atoms with E-state index in [1.54, 1.807) is 0 Å². The molecule has 0 aliphatic rings. The maximum atomic E-state index is 6.47. The first-order chi connectivity index (χ1) is 23.3. The molecule has 47 heavy (non-hydrogen) atoms. The summed E-state index contributed by atoms with van der Waals surface area (Å²) in [5.74, 6) is 0. The van der Waals surface area contributed by atoms with Gasteiger partial charge < -0.3 is 8.83 Å². The number of imidazole rings is 1. The van der Waals surface area contributed by atoms with Gasteiger partial charge in [-0.3, -0.25) is 4.40 Å². The molecule has 0 saturated carbocycles. The van der Waals surface area contributed by atoms with Crippen molar-refractivity contribution in [2.45, 2.75) is 0 Å². The molecule has 4 heteroatoms. The molecule has 4 heterocycles. The van der Waals surface area contributed by atoms with Crippen molar-refractivity contribution in [3.05, 3.63) is 146 Å². The van der Waals surface area contributed by atoms with Crippen molar-refractivity contribution in [1.82, 2.24) is 9.38 Å². The van der Waals surface area contributed by atoms with Crippen LogP contribution in [0.5, 0.6) is 0 Å². The summed E-state index contributed by atoms with van der Waals surface area (Å²) >= 11 is 0. The Kier molecular flexibility index (Phi) is 4.81. The van der Waals surface area contributed by atoms with E-state index in [4.69, 9.17) is 13.8 Å². The molecule has 0 aliphatic carbocycles. The lowest BCUT2D eigenvalue weighted by atomic mass is 9.95. The van der Waals surface area contributed by atoms with E-state index >= 15 is 0 Å². The van der Waals surface area contributed by atoms with Gasteiger partial charge in [0, 0.05) is 43.4 Å². The molecule has 0 N–H and O–H groups in total. The van der Waals surface area contributed by atoms with Crippen LogP contribution >= 0.6 is 0 Å². The fourth-order valence-electron chi connectivity index (χ4n) is 7.64. The predicted octanol–water partition coefficient (Wildman–Crippen LogP) is 11.9. The normalized spacial score (nSPS) is 12.3. The maximum absolute atomic E-state index is 6.47. The summed E-state index contributed by atoms with van der Waals surface area (Å²) in [6.07, 6.45) is 0. The fraction of sp³-hybridized carbons (Fsp3) is 0. The lowest BCUT2D eigenvalue weighted by Crippen LogP contribution is -1.93. The van der Waals surface area contributed by atoms with E-state index in [2.05, 4.69) is 126 Å². The van der Waals surface area contributed by atoms with Gasteiger partial charge in [0.1, 0.15) is 28.0 Å². The van der Waals surface area contributed by atoms with Crippen LogP contribution < -0.4 is 0 Å². The Morgan fingerprint density at radius 2 is 0.979 bits per heavy atom. The zero-order valence-electron chi connectivity index (χ0n) is 25.1. The van der Waals surface area contributed by atoms with Crippen LogP contribution in [0, 0.1) is 0 Å². The molecule has 0 amide bonds. The molecule has 4 nitrogen and oxygen atoms in total. The molecule has 4 aromatic heterocycles. The SMILES string of the molecule is c1ccc2c(c1)nc1c3ccc(-c4cccc5c4oc4ccccc45)cc3c3cc(-c4cccc5c4oc4ccccc45)ccc3n21. The summed E-state index contributed by atoms with van der Waals surface area (Å²) in [4.78, 5) is 5.15. The van der Waals surface area contributed by atoms with Crippen molar-refractivity contribution in [2.24, 2.45) is 0 Å². The van der Waals surface area contributed by atoms with E-state index in [-0.39, 0.29) is 0 Å². The van der Waals surface area contributed by atoms with E-state index in [9.17, 15) is 0 Å². The van der Waals surface area contributed by atoms with Gasteiger partial charge in [-0.2, -0.15) is 0 Å². The van der Waals surface area contributed by atoms with Gasteiger partial charge in [0.05, 0.1) is 16.6 Å². The lowest BCUT2D eigenvalue weighted by Gasteiger charge is -2.13. The summed E-state index contributed by atoms with van der Waals surface area (Å²) in [5.41, 5.74) is 12.1. The molecule has 0 atom stereocenters. The van der Waals surface area contributed by atoms with Crippen LogP contribution in [-0.4, -0.2) is 9.38 Å². The highest BCUT2D eigenvalue weighted by molar-refractivity contribution is 6.17. The molecule has 0 unspecified atom stereocenters. The van der Waals surface area contributed by atoms with Gasteiger partial charge in [-0.05, 0) is 65.0 Å². The first-order valence-electron chi connectivity index (χ1n) is 15.9. The van der Waals surface area contributed by atoms with Crippen molar-refractivity contribution in [2.75, 3.05) is 0 Å². The number of rotatable bonds is 2. The molecule has 218 valence electrons. The Morgan fingerprint density at radius 3 is 1.68 bits per heavy atom. The van der Waals surface area contributed by atoms with Crippen LogP contribution in [0.15, 0.2) is 154 Å². The van der Waals surface area contributed by atoms with Crippen LogP contribution in [0.4, 0.5) is 0 Å². The Balaban J connectivity index is 1.24. The number of hydrogen-bond acceptors (Lipinski definition) is 3. The molecule has 11 aromatic rings. The smallest absolute Gasteiger partial charge is 0.146 e. The second kappa shape index (κ2) is 9.09. The Hall–Kier alpha value is -6.39. The molecule has 0 saturated heterocycles. The van der Waals surface area contributed by atoms with Gasteiger partial charge in [-0.15, -0.1) is 0 Å². The molecule has 0 spiro atoms. The van der Waals surface area contributed by atoms with Crippen molar-refractivity contribution in [1.29, 1.82) is 0 Å². The largest absolute Gasteiger partial charge is 0.455 e. The highest BCUT2D eigenvalue weighted by Crippen LogP contribution is 2.41. The molecule has 0 fully saturated rings. The molecule has 0 bridgehead atoms. The first-order valence-corrected chi connectivity index (χ1v) is 15.9. The number of furan rings is 2. The summed E-state index contributed by atoms with van der Waals surface area (Å²) in [7, 11) is 0. The lowest BCUT2D eigenvalue weighted by molar-refractivity contribution is 0.669. The Bertz CT molecular complexity index is 3080. The summed E-state index contributed by atoms with van der Waals surface area (Å²) in [6, 6.07) is 51.2. The summed E-state index contributed by atoms with van der Waals surface area (Å²) in [5, 5.41) is 7.91. The number of benzene rings is 7. The molecule has 11 rings (SSSR count). The van der Waals surface area contributed by atoms with Crippen LogP contribution in [0.1, 0.15) is 0 Å². The predicted molar refractivity (Wildman–Crippen MR) is 193 cm³/mol. The number of aromatic nitrogens is 2. The third-order valence-electron chi connectivity index (χ3n) is 9.78. The minimum Gasteiger partial charge on any atom is -0.455 e. The second-order valence-corrected chi connectivity index (χ2v) is 12.3. The molecule has 0 radical (unpaired) electrons. The van der Waals surface area contributed by atoms with Crippen LogP contribution in [0.25, 0.3) is 104 Å². The zero-order valence-corrected chi connectivity index (χ0v) is 25.1. The van der Waals surface area contributed by atoms with Crippen molar-refractivity contribution in [3.63, 3.8) is 0 Å². The van der Waals surface area contributed by atoms with E-state index in [0.29, 0.717) is 0 Å². The average Bonchev–Trinajstić information content (AvgIpc) is 3.83. The number of nitrogens with zero attached hydrogens (tertiary/aromatic N) is 2. The van der Waals surface area contributed by atoms with Gasteiger partial charge in [0.15, 0.2) is 0 Å². The standard InChI is InChI=1S/C43H24N2O2/c1-5-17-39-29(9-1)31-13-7-11-27(41(31)46-39)25-19-21-33-34(23-25)35-24-26(20-22-37(35)45-38-16-4-3-15-36(38)44-43(33)45)28-12-8-14-32-30-10-2-6-18-40(30)47-42(28)32/h1-24H. The fourth-order valence-corrected chi connectivity index (χ4v) is 7.64. The molecule has 0 aliphatic heterocycles. The zero-order chi connectivity index (χ0) is 30.6. The van der Waals surface area contributed by atoms with Gasteiger partial charge in [-0.1, -0.05) is 97.1 Å². The highest BCUT2D eigenvalue weighted by Gasteiger charge is 2.18. The second-order valence-electron chi connectivity index (χ2n) is 12.3. The van der Waals surface area contributed by atoms with Gasteiger partial charge in [0.2, 0.25) is 0 Å². The summed E-state index contributed by atoms with van der Waals surface area (Å²) in [6.45, 7) is 0. The monoisotopic (exact) mass is 600 g/mol. The van der Waals surface area contributed by atoms with Gasteiger partial charge in [0.25, 0.3) is 0 Å². The molecular weight excluding hydrogens is 576 g/mol. The highest BCUT2D eigenvalue weighted by atomic mass is 16.3. The van der Waals surface area contributed by atoms with E-state index < -0.39 is 0 Å². The van der Waals surface area contributed by atoms with Crippen LogP contribution in [0.3, 0.4) is 0 Å². The quantitative estimate of drug-likeness (QED) is 0.185. The van der Waals surface area contributed by atoms with Crippen molar-refractivity contribution >= 4 is 82.2 Å². The number of hydrogen-bond donors (Lipinski definition) is 0. The topological polar surface area (TPSA) is 43.6 Å². The first kappa shape index (κ1) is 24.9. The Morgan fingerprint density at radius 1 is 0.404 bits per heavy atom. The average molecular weight is 601 g/mol. The van der Waals surface area contributed by atoms with Gasteiger partial charge in [-0.25, -0.2) is 4.98 Å². The van der Waals surface area contributed by atoms with Crippen molar-refractivity contribution in [3.8, 4) is 22.3 Å². The maximum Gasteiger partial charge on any atom is 0.146 e. The van der Waals surface area contributed by atoms with Crippen LogP contribution in [-0.2, 0) is 0 Å². The van der Waals surface area contributed by atoms with E-state index in [0.717, 1.165) is 104 Å². The van der Waals surface area contributed by atoms with E-state index in [1.807, 2.05) is 24.3 Å².